The highest BCUT2D eigenvalue weighted by molar-refractivity contribution is 14.1. The summed E-state index contributed by atoms with van der Waals surface area (Å²) in [6, 6.07) is 4.73. The van der Waals surface area contributed by atoms with E-state index in [1.807, 2.05) is 4.93 Å². The van der Waals surface area contributed by atoms with Crippen LogP contribution in [0.4, 0.5) is 0 Å². The zero-order chi connectivity index (χ0) is 16.8. The van der Waals surface area contributed by atoms with Gasteiger partial charge in [-0.3, -0.25) is 0 Å². The van der Waals surface area contributed by atoms with Crippen LogP contribution in [0.15, 0.2) is 0 Å². The second-order valence-electron chi connectivity index (χ2n) is 5.88. The summed E-state index contributed by atoms with van der Waals surface area (Å²) in [7, 11) is 0. The van der Waals surface area contributed by atoms with Crippen molar-refractivity contribution in [3.05, 3.63) is 0 Å². The molecule has 2 heterocycles. The monoisotopic (exact) mass is 434 g/mol. The lowest BCUT2D eigenvalue weighted by Gasteiger charge is -2.24. The maximum Gasteiger partial charge on any atom is 0.0953 e. The normalized spacial score (nSPS) is 29.1. The van der Waals surface area contributed by atoms with Crippen molar-refractivity contribution in [2.75, 3.05) is 18.0 Å². The van der Waals surface area contributed by atoms with Crippen LogP contribution >= 0.6 is 22.6 Å². The minimum atomic E-state index is 0. The quantitative estimate of drug-likeness (QED) is 0.503. The van der Waals surface area contributed by atoms with Crippen LogP contribution in [0, 0.1) is 34.5 Å². The van der Waals surface area contributed by atoms with Gasteiger partial charge in [0.2, 0.25) is 0 Å². The van der Waals surface area contributed by atoms with Crippen molar-refractivity contribution in [1.29, 1.82) is 10.5 Å². The molecule has 2 aliphatic heterocycles. The molecule has 23 heavy (non-hydrogen) atoms. The summed E-state index contributed by atoms with van der Waals surface area (Å²) in [6.45, 7) is 6.49. The number of hydrogen-bond acceptors (Lipinski definition) is 4. The molecule has 0 radical (unpaired) electrons. The van der Waals surface area contributed by atoms with Gasteiger partial charge in [-0.2, -0.15) is 10.5 Å². The predicted octanol–water partition coefficient (Wildman–Crippen LogP) is 4.26. The van der Waals surface area contributed by atoms with Crippen molar-refractivity contribution < 1.29 is 0 Å². The summed E-state index contributed by atoms with van der Waals surface area (Å²) in [4.78, 5) is 1.97. The smallest absolute Gasteiger partial charge is 0.0953 e. The average molecular weight is 434 g/mol. The Bertz CT molecular complexity index is 298. The Morgan fingerprint density at radius 1 is 0.826 bits per heavy atom. The van der Waals surface area contributed by atoms with E-state index in [9.17, 15) is 0 Å². The fraction of sp³-hybridized carbons (Fsp3) is 0.889. The van der Waals surface area contributed by atoms with Crippen molar-refractivity contribution >= 4 is 22.6 Å². The number of piperidine rings is 2. The highest BCUT2D eigenvalue weighted by atomic mass is 127. The summed E-state index contributed by atoms with van der Waals surface area (Å²) in [5.41, 5.74) is 0. The summed E-state index contributed by atoms with van der Waals surface area (Å²) >= 11 is 2.15. The van der Waals surface area contributed by atoms with Crippen LogP contribution in [-0.4, -0.2) is 30.1 Å². The van der Waals surface area contributed by atoms with E-state index >= 15 is 0 Å². The molecule has 0 aromatic rings. The molecule has 0 spiro atoms. The van der Waals surface area contributed by atoms with E-state index in [4.69, 9.17) is 10.5 Å². The molecule has 2 fully saturated rings. The minimum absolute atomic E-state index is 0. The fourth-order valence-corrected chi connectivity index (χ4v) is 2.75. The minimum Gasteiger partial charge on any atom is -0.302 e. The van der Waals surface area contributed by atoms with E-state index in [-0.39, 0.29) is 19.5 Å². The highest BCUT2D eigenvalue weighted by Crippen LogP contribution is 2.16. The Morgan fingerprint density at radius 2 is 1.17 bits per heavy atom. The third-order valence-corrected chi connectivity index (χ3v) is 4.50. The lowest BCUT2D eigenvalue weighted by Crippen LogP contribution is -2.37. The summed E-state index contributed by atoms with van der Waals surface area (Å²) in [5.74, 6) is 1.62. The summed E-state index contributed by atoms with van der Waals surface area (Å²) < 4.78 is 0. The second kappa shape index (κ2) is 16.5. The standard InChI is InChI=1S/2C8H14N2.CH3I.CH4/c2*1-2-7-3-4-8(5-9)10-6-7;1-2;/h2*7-8,10H,2-4,6H2,1H3;1H3;1H4/t2*7?,8-;;/m00../s1. The van der Waals surface area contributed by atoms with Crippen molar-refractivity contribution in [2.45, 2.75) is 71.9 Å². The van der Waals surface area contributed by atoms with Crippen molar-refractivity contribution in [3.63, 3.8) is 0 Å². The first-order chi connectivity index (χ1) is 10.7. The van der Waals surface area contributed by atoms with Crippen LogP contribution in [0.5, 0.6) is 0 Å². The number of rotatable bonds is 2. The maximum absolute atomic E-state index is 8.54. The van der Waals surface area contributed by atoms with Crippen molar-refractivity contribution in [3.8, 4) is 12.1 Å². The third kappa shape index (κ3) is 10.9. The lowest BCUT2D eigenvalue weighted by atomic mass is 9.93. The van der Waals surface area contributed by atoms with Gasteiger partial charge in [-0.05, 0) is 55.5 Å². The van der Waals surface area contributed by atoms with E-state index < -0.39 is 0 Å². The highest BCUT2D eigenvalue weighted by Gasteiger charge is 2.18. The maximum atomic E-state index is 8.54. The van der Waals surface area contributed by atoms with Gasteiger partial charge < -0.3 is 10.6 Å². The predicted molar refractivity (Wildman–Crippen MR) is 108 cm³/mol. The van der Waals surface area contributed by atoms with Gasteiger partial charge in [0.05, 0.1) is 24.2 Å². The molecule has 4 nitrogen and oxygen atoms in total. The third-order valence-electron chi connectivity index (χ3n) is 4.50. The number of nitriles is 2. The largest absolute Gasteiger partial charge is 0.302 e. The molecule has 0 bridgehead atoms. The number of nitrogens with zero attached hydrogens (tertiary/aromatic N) is 2. The van der Waals surface area contributed by atoms with Crippen molar-refractivity contribution in [1.82, 2.24) is 10.6 Å². The summed E-state index contributed by atoms with van der Waals surface area (Å²) in [6.07, 6.45) is 7.00. The average Bonchev–Trinajstić information content (AvgIpc) is 2.64. The van der Waals surface area contributed by atoms with Crippen LogP contribution in [0.25, 0.3) is 0 Å². The zero-order valence-electron chi connectivity index (χ0n) is 14.2. The molecular formula is C18H35IN4. The fourth-order valence-electron chi connectivity index (χ4n) is 2.75. The summed E-state index contributed by atoms with van der Waals surface area (Å²) in [5, 5.41) is 23.5. The molecule has 2 aliphatic rings. The van der Waals surface area contributed by atoms with E-state index in [1.54, 1.807) is 0 Å². The number of alkyl halides is 1. The molecule has 2 saturated heterocycles. The van der Waals surface area contributed by atoms with Gasteiger partial charge in [0.25, 0.3) is 0 Å². The second-order valence-corrected chi connectivity index (χ2v) is 5.88. The molecule has 4 atom stereocenters. The lowest BCUT2D eigenvalue weighted by molar-refractivity contribution is 0.337. The number of halogens is 1. The molecular weight excluding hydrogens is 399 g/mol. The van der Waals surface area contributed by atoms with Crippen LogP contribution in [0.2, 0.25) is 0 Å². The molecule has 2 rings (SSSR count). The van der Waals surface area contributed by atoms with Gasteiger partial charge in [-0.15, -0.1) is 0 Å². The molecule has 134 valence electrons. The molecule has 0 aliphatic carbocycles. The van der Waals surface area contributed by atoms with Gasteiger partial charge in [0, 0.05) is 0 Å². The number of hydrogen-bond donors (Lipinski definition) is 2. The van der Waals surface area contributed by atoms with E-state index in [1.165, 1.54) is 25.7 Å². The Balaban J connectivity index is 0. The Labute approximate surface area is 157 Å². The van der Waals surface area contributed by atoms with E-state index in [2.05, 4.69) is 59.2 Å². The van der Waals surface area contributed by atoms with E-state index in [0.717, 1.165) is 37.8 Å². The van der Waals surface area contributed by atoms with Gasteiger partial charge in [-0.1, -0.05) is 56.7 Å². The van der Waals surface area contributed by atoms with E-state index in [0.29, 0.717) is 0 Å². The first-order valence-electron chi connectivity index (χ1n) is 8.37. The van der Waals surface area contributed by atoms with Gasteiger partial charge >= 0.3 is 0 Å². The Hall–Kier alpha value is -0.370. The Morgan fingerprint density at radius 3 is 1.35 bits per heavy atom. The molecule has 5 heteroatoms. The Kier molecular flexibility index (Phi) is 17.8. The molecule has 0 amide bonds. The van der Waals surface area contributed by atoms with Gasteiger partial charge in [0.1, 0.15) is 0 Å². The van der Waals surface area contributed by atoms with Crippen LogP contribution in [0.3, 0.4) is 0 Å². The zero-order valence-corrected chi connectivity index (χ0v) is 16.4. The van der Waals surface area contributed by atoms with Crippen LogP contribution in [0.1, 0.15) is 59.8 Å². The number of nitrogens with one attached hydrogen (secondary N) is 2. The van der Waals surface area contributed by atoms with Gasteiger partial charge in [-0.25, -0.2) is 0 Å². The topological polar surface area (TPSA) is 71.6 Å². The first kappa shape index (κ1) is 24.9. The van der Waals surface area contributed by atoms with Gasteiger partial charge in [0.15, 0.2) is 0 Å². The molecule has 2 N–H and O–H groups in total. The molecule has 0 aromatic carbocycles. The molecule has 2 unspecified atom stereocenters. The van der Waals surface area contributed by atoms with Crippen LogP contribution in [-0.2, 0) is 0 Å². The molecule has 0 saturated carbocycles. The SMILES string of the molecule is C.CCC1CC[C@@H](C#N)NC1.CCC1CC[C@@H](C#N)NC1.CI. The van der Waals surface area contributed by atoms with Crippen LogP contribution < -0.4 is 10.6 Å². The molecule has 0 aromatic heterocycles. The van der Waals surface area contributed by atoms with Crippen molar-refractivity contribution in [2.24, 2.45) is 11.8 Å². The first-order valence-corrected chi connectivity index (χ1v) is 10.5.